The third-order valence-corrected chi connectivity index (χ3v) is 4.93. The van der Waals surface area contributed by atoms with Gasteiger partial charge in [0.25, 0.3) is 5.91 Å². The Hall–Kier alpha value is -3.29. The van der Waals surface area contributed by atoms with Crippen molar-refractivity contribution in [1.82, 2.24) is 10.3 Å². The molecule has 8 heteroatoms. The molecule has 0 aromatic heterocycles. The molecule has 2 aromatic carbocycles. The van der Waals surface area contributed by atoms with Crippen LogP contribution in [0, 0.1) is 0 Å². The van der Waals surface area contributed by atoms with Crippen LogP contribution in [0.5, 0.6) is 5.75 Å². The van der Waals surface area contributed by atoms with Crippen LogP contribution >= 0.6 is 0 Å². The molecule has 0 aliphatic carbocycles. The molecule has 1 aliphatic rings. The number of nitrogens with zero attached hydrogens (tertiary/aromatic N) is 2. The second-order valence-corrected chi connectivity index (χ2v) is 8.19. The van der Waals surface area contributed by atoms with Gasteiger partial charge in [-0.2, -0.15) is 13.9 Å². The van der Waals surface area contributed by atoms with E-state index >= 15 is 0 Å². The molecule has 1 saturated heterocycles. The number of urea groups is 1. The summed E-state index contributed by atoms with van der Waals surface area (Å²) in [7, 11) is 0. The number of ether oxygens (including phenoxy) is 1. The molecular formula is C22H23F2N3O3. The van der Waals surface area contributed by atoms with Crippen molar-refractivity contribution >= 4 is 18.2 Å². The monoisotopic (exact) mass is 415 g/mol. The third kappa shape index (κ3) is 4.32. The van der Waals surface area contributed by atoms with Crippen LogP contribution < -0.4 is 10.1 Å². The molecule has 30 heavy (non-hydrogen) atoms. The number of rotatable bonds is 5. The highest BCUT2D eigenvalue weighted by Crippen LogP contribution is 2.30. The van der Waals surface area contributed by atoms with E-state index < -0.39 is 24.1 Å². The summed E-state index contributed by atoms with van der Waals surface area (Å²) in [5.41, 5.74) is 0.966. The lowest BCUT2D eigenvalue weighted by molar-refractivity contribution is -0.131. The summed E-state index contributed by atoms with van der Waals surface area (Å²) < 4.78 is 28.9. The van der Waals surface area contributed by atoms with Gasteiger partial charge < -0.3 is 10.1 Å². The normalized spacial score (nSPS) is 19.6. The van der Waals surface area contributed by atoms with E-state index in [0.717, 1.165) is 16.1 Å². The maximum absolute atomic E-state index is 12.9. The van der Waals surface area contributed by atoms with E-state index in [1.807, 2.05) is 24.3 Å². The number of halogens is 2. The van der Waals surface area contributed by atoms with Crippen LogP contribution in [0.15, 0.2) is 53.6 Å². The fourth-order valence-electron chi connectivity index (χ4n) is 3.09. The SMILES string of the molecule is CC(C)(C)c1ccc(/C=N\N2C(=O)N[C@@](C)(c3ccc(OC(F)F)cc3)C2=O)cc1. The van der Waals surface area contributed by atoms with Crippen LogP contribution in [0.1, 0.15) is 44.4 Å². The maximum atomic E-state index is 12.9. The summed E-state index contributed by atoms with van der Waals surface area (Å²) in [5, 5.41) is 7.42. The smallest absolute Gasteiger partial charge is 0.387 e. The summed E-state index contributed by atoms with van der Waals surface area (Å²) in [6.45, 7) is 4.91. The topological polar surface area (TPSA) is 71.0 Å². The zero-order chi connectivity index (χ0) is 22.1. The first-order valence-electron chi connectivity index (χ1n) is 9.37. The molecule has 0 bridgehead atoms. The second-order valence-electron chi connectivity index (χ2n) is 8.19. The lowest BCUT2D eigenvalue weighted by Crippen LogP contribution is -2.40. The van der Waals surface area contributed by atoms with E-state index in [9.17, 15) is 18.4 Å². The summed E-state index contributed by atoms with van der Waals surface area (Å²) in [6, 6.07) is 12.5. The zero-order valence-corrected chi connectivity index (χ0v) is 17.1. The second kappa shape index (κ2) is 7.85. The Morgan fingerprint density at radius 2 is 1.67 bits per heavy atom. The quantitative estimate of drug-likeness (QED) is 0.582. The Labute approximate surface area is 173 Å². The molecule has 0 saturated carbocycles. The lowest BCUT2D eigenvalue weighted by atomic mass is 9.87. The van der Waals surface area contributed by atoms with Gasteiger partial charge in [0.1, 0.15) is 11.3 Å². The maximum Gasteiger partial charge on any atom is 0.387 e. The van der Waals surface area contributed by atoms with Crippen LogP contribution in [0.4, 0.5) is 13.6 Å². The molecule has 158 valence electrons. The Morgan fingerprint density at radius 1 is 1.07 bits per heavy atom. The number of hydrogen-bond donors (Lipinski definition) is 1. The number of carbonyl (C=O) groups excluding carboxylic acids is 2. The molecule has 1 aliphatic heterocycles. The minimum atomic E-state index is -2.94. The van der Waals surface area contributed by atoms with Gasteiger partial charge in [0, 0.05) is 0 Å². The minimum absolute atomic E-state index is 0.0121. The predicted molar refractivity (Wildman–Crippen MR) is 109 cm³/mol. The Bertz CT molecular complexity index is 967. The number of carbonyl (C=O) groups is 2. The van der Waals surface area contributed by atoms with Crippen molar-refractivity contribution in [2.24, 2.45) is 5.10 Å². The van der Waals surface area contributed by atoms with Gasteiger partial charge in [0.15, 0.2) is 0 Å². The molecule has 6 nitrogen and oxygen atoms in total. The van der Waals surface area contributed by atoms with E-state index in [1.165, 1.54) is 37.4 Å². The van der Waals surface area contributed by atoms with Crippen LogP contribution in [0.2, 0.25) is 0 Å². The third-order valence-electron chi connectivity index (χ3n) is 4.93. The van der Waals surface area contributed by atoms with Crippen LogP contribution in [0.25, 0.3) is 0 Å². The van der Waals surface area contributed by atoms with Gasteiger partial charge in [-0.3, -0.25) is 4.79 Å². The zero-order valence-electron chi connectivity index (χ0n) is 17.1. The average molecular weight is 415 g/mol. The number of benzene rings is 2. The predicted octanol–water partition coefficient (Wildman–Crippen LogP) is 4.39. The van der Waals surface area contributed by atoms with Crippen molar-refractivity contribution in [2.75, 3.05) is 0 Å². The Balaban J connectivity index is 1.77. The number of alkyl halides is 2. The van der Waals surface area contributed by atoms with E-state index in [4.69, 9.17) is 0 Å². The summed E-state index contributed by atoms with van der Waals surface area (Å²) in [4.78, 5) is 25.2. The van der Waals surface area contributed by atoms with Gasteiger partial charge in [0.2, 0.25) is 0 Å². The average Bonchev–Trinajstić information content (AvgIpc) is 2.89. The number of hydrogen-bond acceptors (Lipinski definition) is 4. The van der Waals surface area contributed by atoms with Gasteiger partial charge >= 0.3 is 12.6 Å². The van der Waals surface area contributed by atoms with Crippen molar-refractivity contribution in [1.29, 1.82) is 0 Å². The molecule has 2 aromatic rings. The van der Waals surface area contributed by atoms with Crippen molar-refractivity contribution in [2.45, 2.75) is 45.3 Å². The first-order chi connectivity index (χ1) is 14.0. The van der Waals surface area contributed by atoms with Crippen molar-refractivity contribution in [3.63, 3.8) is 0 Å². The van der Waals surface area contributed by atoms with Crippen molar-refractivity contribution < 1.29 is 23.1 Å². The molecule has 1 N–H and O–H groups in total. The molecule has 0 spiro atoms. The van der Waals surface area contributed by atoms with Gasteiger partial charge in [-0.05, 0) is 41.2 Å². The first-order valence-corrected chi connectivity index (χ1v) is 9.37. The number of amides is 3. The van der Waals surface area contributed by atoms with Gasteiger partial charge in [0.05, 0.1) is 6.21 Å². The Morgan fingerprint density at radius 3 is 2.20 bits per heavy atom. The van der Waals surface area contributed by atoms with Crippen molar-refractivity contribution in [3.05, 3.63) is 65.2 Å². The number of imide groups is 1. The highest BCUT2D eigenvalue weighted by atomic mass is 19.3. The van der Waals surface area contributed by atoms with Gasteiger partial charge in [-0.1, -0.05) is 57.2 Å². The van der Waals surface area contributed by atoms with Gasteiger partial charge in [-0.25, -0.2) is 4.79 Å². The fourth-order valence-corrected chi connectivity index (χ4v) is 3.09. The van der Waals surface area contributed by atoms with Crippen LogP contribution in [0.3, 0.4) is 0 Å². The van der Waals surface area contributed by atoms with Crippen molar-refractivity contribution in [3.8, 4) is 5.75 Å². The summed E-state index contributed by atoms with van der Waals surface area (Å²) >= 11 is 0. The van der Waals surface area contributed by atoms with E-state index in [-0.39, 0.29) is 11.2 Å². The van der Waals surface area contributed by atoms with E-state index in [0.29, 0.717) is 5.56 Å². The lowest BCUT2D eigenvalue weighted by Gasteiger charge is -2.21. The standard InChI is InChI=1S/C22H23F2N3O3/c1-21(2,3)15-7-5-14(6-8-15)13-25-27-18(28)22(4,26-20(27)29)16-9-11-17(12-10-16)30-19(23)24/h5-13,19H,1-4H3,(H,26,29)/b25-13-/t22-/m0/s1. The summed E-state index contributed by atoms with van der Waals surface area (Å²) in [5.74, 6) is -0.611. The number of hydrazone groups is 1. The molecule has 1 atom stereocenters. The molecule has 0 radical (unpaired) electrons. The molecule has 3 rings (SSSR count). The molecule has 0 unspecified atom stereocenters. The first kappa shape index (κ1) is 21.4. The number of nitrogens with one attached hydrogen (secondary N) is 1. The van der Waals surface area contributed by atoms with Crippen LogP contribution in [-0.2, 0) is 15.7 Å². The summed E-state index contributed by atoms with van der Waals surface area (Å²) in [6.07, 6.45) is 1.44. The molecular weight excluding hydrogens is 392 g/mol. The highest BCUT2D eigenvalue weighted by molar-refractivity contribution is 6.07. The largest absolute Gasteiger partial charge is 0.435 e. The van der Waals surface area contributed by atoms with Gasteiger partial charge in [-0.15, -0.1) is 5.01 Å². The van der Waals surface area contributed by atoms with Crippen LogP contribution in [-0.4, -0.2) is 29.8 Å². The van der Waals surface area contributed by atoms with E-state index in [1.54, 1.807) is 0 Å². The van der Waals surface area contributed by atoms with E-state index in [2.05, 4.69) is 35.9 Å². The molecule has 1 fully saturated rings. The minimum Gasteiger partial charge on any atom is -0.435 e. The Kier molecular flexibility index (Phi) is 5.61. The highest BCUT2D eigenvalue weighted by Gasteiger charge is 2.49. The molecule has 1 heterocycles. The molecule has 3 amide bonds. The fraction of sp³-hybridized carbons (Fsp3) is 0.318.